The van der Waals surface area contributed by atoms with Crippen LogP contribution in [0.2, 0.25) is 5.02 Å². The van der Waals surface area contributed by atoms with E-state index in [1.165, 1.54) is 22.7 Å². The van der Waals surface area contributed by atoms with Gasteiger partial charge in [-0.1, -0.05) is 17.7 Å². The molecule has 0 saturated heterocycles. The summed E-state index contributed by atoms with van der Waals surface area (Å²) in [5, 5.41) is 2.70. The molecule has 3 N–H and O–H groups in total. The Kier molecular flexibility index (Phi) is 3.94. The number of primary amides is 1. The summed E-state index contributed by atoms with van der Waals surface area (Å²) in [6.07, 6.45) is 1.50. The molecule has 0 radical (unpaired) electrons. The average molecular weight is 347 g/mol. The summed E-state index contributed by atoms with van der Waals surface area (Å²) in [5.74, 6) is -1.51. The number of rotatable bonds is 3. The van der Waals surface area contributed by atoms with Crippen LogP contribution >= 0.6 is 11.6 Å². The Labute approximate surface area is 140 Å². The summed E-state index contributed by atoms with van der Waals surface area (Å²) in [5.41, 5.74) is 5.94. The smallest absolute Gasteiger partial charge is 0.272 e. The second-order valence-electron chi connectivity index (χ2n) is 5.14. The normalized spacial score (nSPS) is 10.8. The molecular formula is C16H12ClFN4O2. The number of carbonyl (C=O) groups excluding carboxylic acids is 1. The summed E-state index contributed by atoms with van der Waals surface area (Å²) >= 11 is 5.74. The Balaban J connectivity index is 2.24. The average Bonchev–Trinajstić information content (AvgIpc) is 2.52. The van der Waals surface area contributed by atoms with Crippen molar-refractivity contribution in [1.82, 2.24) is 9.38 Å². The highest BCUT2D eigenvalue weighted by molar-refractivity contribution is 6.31. The van der Waals surface area contributed by atoms with E-state index >= 15 is 0 Å². The maximum Gasteiger partial charge on any atom is 0.272 e. The molecule has 8 heteroatoms. The molecule has 6 nitrogen and oxygen atoms in total. The summed E-state index contributed by atoms with van der Waals surface area (Å²) in [7, 11) is 0. The number of aryl methyl sites for hydroxylation is 1. The second-order valence-corrected chi connectivity index (χ2v) is 5.55. The van der Waals surface area contributed by atoms with Crippen LogP contribution in [-0.2, 0) is 0 Å². The minimum atomic E-state index is -0.917. The summed E-state index contributed by atoms with van der Waals surface area (Å²) in [4.78, 5) is 28.6. The third kappa shape index (κ3) is 2.69. The van der Waals surface area contributed by atoms with Crippen LogP contribution in [-0.4, -0.2) is 15.3 Å². The molecule has 1 aromatic carbocycles. The number of carbonyl (C=O) groups is 1. The molecule has 122 valence electrons. The molecule has 2 aromatic heterocycles. The molecule has 0 atom stereocenters. The number of nitrogens with zero attached hydrogens (tertiary/aromatic N) is 2. The Bertz CT molecular complexity index is 1030. The zero-order valence-corrected chi connectivity index (χ0v) is 13.3. The Morgan fingerprint density at radius 1 is 1.38 bits per heavy atom. The predicted octanol–water partition coefficient (Wildman–Crippen LogP) is 2.64. The highest BCUT2D eigenvalue weighted by Gasteiger charge is 2.18. The van der Waals surface area contributed by atoms with E-state index in [4.69, 9.17) is 17.3 Å². The van der Waals surface area contributed by atoms with Crippen LogP contribution in [0.4, 0.5) is 15.9 Å². The van der Waals surface area contributed by atoms with Gasteiger partial charge in [0.15, 0.2) is 5.82 Å². The Hall–Kier alpha value is -2.93. The van der Waals surface area contributed by atoms with Gasteiger partial charge in [0.1, 0.15) is 17.0 Å². The lowest BCUT2D eigenvalue weighted by Crippen LogP contribution is -2.29. The molecule has 2 heterocycles. The fourth-order valence-corrected chi connectivity index (χ4v) is 2.50. The maximum absolute atomic E-state index is 13.3. The first-order valence-electron chi connectivity index (χ1n) is 6.92. The van der Waals surface area contributed by atoms with Crippen molar-refractivity contribution < 1.29 is 9.18 Å². The number of aromatic nitrogens is 2. The van der Waals surface area contributed by atoms with E-state index in [1.54, 1.807) is 19.1 Å². The van der Waals surface area contributed by atoms with Gasteiger partial charge in [-0.15, -0.1) is 0 Å². The minimum absolute atomic E-state index is 0.00975. The number of hydrogen-bond donors (Lipinski definition) is 2. The molecule has 24 heavy (non-hydrogen) atoms. The molecule has 0 bridgehead atoms. The van der Waals surface area contributed by atoms with Crippen LogP contribution in [0.15, 0.2) is 41.3 Å². The standard InChI is InChI=1S/C16H12ClFN4O2/c1-8-3-2-6-22-15(8)21-14(12(13(19)23)16(22)24)20-9-4-5-11(18)10(17)7-9/h2-7,20H,1H3,(H2,19,23). The van der Waals surface area contributed by atoms with Gasteiger partial charge in [-0.05, 0) is 36.8 Å². The van der Waals surface area contributed by atoms with Crippen molar-refractivity contribution in [2.75, 3.05) is 5.32 Å². The van der Waals surface area contributed by atoms with Gasteiger partial charge in [0.2, 0.25) is 0 Å². The second kappa shape index (κ2) is 5.93. The van der Waals surface area contributed by atoms with E-state index in [0.717, 1.165) is 11.6 Å². The summed E-state index contributed by atoms with van der Waals surface area (Å²) in [6, 6.07) is 7.34. The summed E-state index contributed by atoms with van der Waals surface area (Å²) in [6.45, 7) is 1.78. The maximum atomic E-state index is 13.3. The van der Waals surface area contributed by atoms with E-state index in [9.17, 15) is 14.0 Å². The van der Waals surface area contributed by atoms with Crippen molar-refractivity contribution in [3.63, 3.8) is 0 Å². The molecule has 3 aromatic rings. The first-order chi connectivity index (χ1) is 11.4. The molecule has 0 aliphatic carbocycles. The van der Waals surface area contributed by atoms with Crippen molar-refractivity contribution >= 4 is 34.7 Å². The van der Waals surface area contributed by atoms with Gasteiger partial charge in [0.05, 0.1) is 5.02 Å². The number of anilines is 2. The van der Waals surface area contributed by atoms with Gasteiger partial charge in [-0.2, -0.15) is 0 Å². The van der Waals surface area contributed by atoms with Gasteiger partial charge < -0.3 is 11.1 Å². The topological polar surface area (TPSA) is 89.5 Å². The predicted molar refractivity (Wildman–Crippen MR) is 89.4 cm³/mol. The van der Waals surface area contributed by atoms with Crippen molar-refractivity contribution in [1.29, 1.82) is 0 Å². The molecule has 0 unspecified atom stereocenters. The fourth-order valence-electron chi connectivity index (χ4n) is 2.32. The van der Waals surface area contributed by atoms with Crippen LogP contribution < -0.4 is 16.6 Å². The zero-order chi connectivity index (χ0) is 17.4. The first kappa shape index (κ1) is 15.9. The third-order valence-electron chi connectivity index (χ3n) is 3.48. The Morgan fingerprint density at radius 2 is 2.12 bits per heavy atom. The number of benzene rings is 1. The number of amides is 1. The third-order valence-corrected chi connectivity index (χ3v) is 3.77. The van der Waals surface area contributed by atoms with Crippen molar-refractivity contribution in [2.45, 2.75) is 6.92 Å². The van der Waals surface area contributed by atoms with Crippen LogP contribution in [0, 0.1) is 12.7 Å². The van der Waals surface area contributed by atoms with E-state index in [2.05, 4.69) is 10.3 Å². The molecular weight excluding hydrogens is 335 g/mol. The SMILES string of the molecule is Cc1cccn2c(=O)c(C(N)=O)c(Nc3ccc(F)c(Cl)c3)nc12. The van der Waals surface area contributed by atoms with Gasteiger partial charge >= 0.3 is 0 Å². The minimum Gasteiger partial charge on any atom is -0.365 e. The summed E-state index contributed by atoms with van der Waals surface area (Å²) < 4.78 is 14.5. The van der Waals surface area contributed by atoms with Crippen LogP contribution in [0.1, 0.15) is 15.9 Å². The van der Waals surface area contributed by atoms with Crippen molar-refractivity contribution in [3.05, 3.63) is 68.8 Å². The highest BCUT2D eigenvalue weighted by Crippen LogP contribution is 2.23. The Morgan fingerprint density at radius 3 is 2.79 bits per heavy atom. The molecule has 0 aliphatic rings. The fraction of sp³-hybridized carbons (Fsp3) is 0.0625. The number of hydrogen-bond acceptors (Lipinski definition) is 4. The van der Waals surface area contributed by atoms with Crippen LogP contribution in [0.25, 0.3) is 5.65 Å². The van der Waals surface area contributed by atoms with E-state index in [1.807, 2.05) is 0 Å². The zero-order valence-electron chi connectivity index (χ0n) is 12.5. The molecule has 0 aliphatic heterocycles. The molecule has 3 rings (SSSR count). The largest absolute Gasteiger partial charge is 0.365 e. The molecule has 0 fully saturated rings. The number of nitrogens with one attached hydrogen (secondary N) is 1. The van der Waals surface area contributed by atoms with Crippen LogP contribution in [0.3, 0.4) is 0 Å². The van der Waals surface area contributed by atoms with E-state index in [-0.39, 0.29) is 16.4 Å². The molecule has 0 saturated carbocycles. The first-order valence-corrected chi connectivity index (χ1v) is 7.30. The van der Waals surface area contributed by atoms with Gasteiger partial charge in [0.25, 0.3) is 11.5 Å². The number of fused-ring (bicyclic) bond motifs is 1. The lowest BCUT2D eigenvalue weighted by molar-refractivity contribution is 0.0999. The molecule has 0 spiro atoms. The lowest BCUT2D eigenvalue weighted by Gasteiger charge is -2.12. The number of halogens is 2. The lowest BCUT2D eigenvalue weighted by atomic mass is 10.2. The number of nitrogens with two attached hydrogens (primary N) is 1. The molecule has 1 amide bonds. The van der Waals surface area contributed by atoms with E-state index < -0.39 is 17.3 Å². The van der Waals surface area contributed by atoms with Gasteiger partial charge in [-0.3, -0.25) is 14.0 Å². The monoisotopic (exact) mass is 346 g/mol. The highest BCUT2D eigenvalue weighted by atomic mass is 35.5. The van der Waals surface area contributed by atoms with Gasteiger partial charge in [0, 0.05) is 11.9 Å². The van der Waals surface area contributed by atoms with E-state index in [0.29, 0.717) is 11.3 Å². The quantitative estimate of drug-likeness (QED) is 0.763. The van der Waals surface area contributed by atoms with Crippen LogP contribution in [0.5, 0.6) is 0 Å². The van der Waals surface area contributed by atoms with Gasteiger partial charge in [-0.25, -0.2) is 9.37 Å². The number of pyridine rings is 1. The van der Waals surface area contributed by atoms with Crippen molar-refractivity contribution in [2.24, 2.45) is 5.73 Å². The van der Waals surface area contributed by atoms with Crippen molar-refractivity contribution in [3.8, 4) is 0 Å².